The van der Waals surface area contributed by atoms with Crippen molar-refractivity contribution in [3.8, 4) is 5.75 Å². The minimum absolute atomic E-state index is 0.516. The van der Waals surface area contributed by atoms with E-state index in [1.54, 1.807) is 6.92 Å². The highest BCUT2D eigenvalue weighted by atomic mass is 16.5. The molecule has 1 aliphatic heterocycles. The van der Waals surface area contributed by atoms with Crippen LogP contribution in [0, 0.1) is 0 Å². The SMILES string of the molecule is CCC(C)(O)C(O)c1ccc2c(c1)CCO2. The average Bonchev–Trinajstić information content (AvgIpc) is 2.74. The van der Waals surface area contributed by atoms with Gasteiger partial charge in [-0.1, -0.05) is 13.0 Å². The Balaban J connectivity index is 2.28. The third-order valence-electron chi connectivity index (χ3n) is 3.33. The third-order valence-corrected chi connectivity index (χ3v) is 3.33. The Hall–Kier alpha value is -1.06. The Kier molecular flexibility index (Phi) is 2.91. The van der Waals surface area contributed by atoms with Crippen LogP contribution in [-0.4, -0.2) is 22.4 Å². The van der Waals surface area contributed by atoms with Crippen molar-refractivity contribution < 1.29 is 14.9 Å². The van der Waals surface area contributed by atoms with Gasteiger partial charge in [-0.2, -0.15) is 0 Å². The molecular formula is C13H18O3. The Labute approximate surface area is 95.7 Å². The van der Waals surface area contributed by atoms with Gasteiger partial charge in [0, 0.05) is 6.42 Å². The first-order valence-corrected chi connectivity index (χ1v) is 5.70. The molecule has 3 nitrogen and oxygen atoms in total. The number of rotatable bonds is 3. The standard InChI is InChI=1S/C13H18O3/c1-3-13(2,15)12(14)10-4-5-11-9(8-10)6-7-16-11/h4-5,8,12,14-15H,3,6-7H2,1-2H3. The van der Waals surface area contributed by atoms with Crippen molar-refractivity contribution in [2.45, 2.75) is 38.4 Å². The highest BCUT2D eigenvalue weighted by molar-refractivity contribution is 5.40. The summed E-state index contributed by atoms with van der Waals surface area (Å²) >= 11 is 0. The zero-order chi connectivity index (χ0) is 11.8. The second-order valence-electron chi connectivity index (χ2n) is 4.58. The predicted molar refractivity (Wildman–Crippen MR) is 61.5 cm³/mol. The summed E-state index contributed by atoms with van der Waals surface area (Å²) < 4.78 is 5.40. The van der Waals surface area contributed by atoms with Crippen LogP contribution in [0.15, 0.2) is 18.2 Å². The lowest BCUT2D eigenvalue weighted by Gasteiger charge is -2.28. The summed E-state index contributed by atoms with van der Waals surface area (Å²) in [5.74, 6) is 0.895. The minimum atomic E-state index is -1.08. The summed E-state index contributed by atoms with van der Waals surface area (Å²) in [6.45, 7) is 4.22. The molecule has 0 aliphatic carbocycles. The van der Waals surface area contributed by atoms with E-state index in [2.05, 4.69) is 0 Å². The van der Waals surface area contributed by atoms with Gasteiger partial charge in [-0.15, -0.1) is 0 Å². The van der Waals surface area contributed by atoms with Crippen molar-refractivity contribution in [3.05, 3.63) is 29.3 Å². The van der Waals surface area contributed by atoms with E-state index in [0.29, 0.717) is 13.0 Å². The molecule has 0 fully saturated rings. The molecule has 2 atom stereocenters. The largest absolute Gasteiger partial charge is 0.493 e. The number of hydrogen-bond acceptors (Lipinski definition) is 3. The maximum Gasteiger partial charge on any atom is 0.122 e. The zero-order valence-corrected chi connectivity index (χ0v) is 9.73. The van der Waals surface area contributed by atoms with Gasteiger partial charge in [0.2, 0.25) is 0 Å². The van der Waals surface area contributed by atoms with Gasteiger partial charge in [-0.3, -0.25) is 0 Å². The number of ether oxygens (including phenoxy) is 1. The quantitative estimate of drug-likeness (QED) is 0.820. The maximum absolute atomic E-state index is 10.1. The van der Waals surface area contributed by atoms with Gasteiger partial charge in [0.1, 0.15) is 11.9 Å². The third kappa shape index (κ3) is 1.93. The molecule has 1 aromatic rings. The van der Waals surface area contributed by atoms with E-state index in [1.807, 2.05) is 25.1 Å². The Morgan fingerprint density at radius 1 is 1.50 bits per heavy atom. The van der Waals surface area contributed by atoms with E-state index in [-0.39, 0.29) is 0 Å². The van der Waals surface area contributed by atoms with E-state index in [0.717, 1.165) is 23.3 Å². The van der Waals surface area contributed by atoms with Gasteiger partial charge in [0.05, 0.1) is 12.2 Å². The second kappa shape index (κ2) is 4.07. The second-order valence-corrected chi connectivity index (χ2v) is 4.58. The molecule has 0 amide bonds. The number of aliphatic hydroxyl groups is 2. The van der Waals surface area contributed by atoms with E-state index < -0.39 is 11.7 Å². The van der Waals surface area contributed by atoms with Crippen molar-refractivity contribution in [2.24, 2.45) is 0 Å². The van der Waals surface area contributed by atoms with Crippen LogP contribution in [0.2, 0.25) is 0 Å². The number of aliphatic hydroxyl groups excluding tert-OH is 1. The molecule has 0 saturated carbocycles. The van der Waals surface area contributed by atoms with Gasteiger partial charge in [-0.25, -0.2) is 0 Å². The fourth-order valence-corrected chi connectivity index (χ4v) is 1.93. The van der Waals surface area contributed by atoms with Crippen LogP contribution in [0.5, 0.6) is 5.75 Å². The summed E-state index contributed by atoms with van der Waals surface area (Å²) in [4.78, 5) is 0. The Morgan fingerprint density at radius 2 is 2.25 bits per heavy atom. The first kappa shape index (κ1) is 11.4. The lowest BCUT2D eigenvalue weighted by atomic mass is 9.89. The van der Waals surface area contributed by atoms with Gasteiger partial charge in [-0.05, 0) is 36.6 Å². The number of benzene rings is 1. The van der Waals surface area contributed by atoms with Gasteiger partial charge in [0.15, 0.2) is 0 Å². The van der Waals surface area contributed by atoms with Crippen molar-refractivity contribution in [3.63, 3.8) is 0 Å². The van der Waals surface area contributed by atoms with Gasteiger partial charge >= 0.3 is 0 Å². The summed E-state index contributed by atoms with van der Waals surface area (Å²) in [5.41, 5.74) is 0.799. The molecule has 1 aromatic carbocycles. The lowest BCUT2D eigenvalue weighted by molar-refractivity contribution is -0.0658. The molecule has 2 unspecified atom stereocenters. The van der Waals surface area contributed by atoms with E-state index in [4.69, 9.17) is 4.74 Å². The molecule has 0 radical (unpaired) electrons. The molecule has 2 rings (SSSR count). The van der Waals surface area contributed by atoms with Crippen LogP contribution in [0.1, 0.15) is 37.5 Å². The number of fused-ring (bicyclic) bond motifs is 1. The van der Waals surface area contributed by atoms with Crippen molar-refractivity contribution >= 4 is 0 Å². The first-order chi connectivity index (χ1) is 7.54. The van der Waals surface area contributed by atoms with Gasteiger partial charge in [0.25, 0.3) is 0 Å². The Bertz CT molecular complexity index is 385. The fourth-order valence-electron chi connectivity index (χ4n) is 1.93. The molecule has 3 heteroatoms. The average molecular weight is 222 g/mol. The summed E-state index contributed by atoms with van der Waals surface area (Å²) in [7, 11) is 0. The summed E-state index contributed by atoms with van der Waals surface area (Å²) in [5, 5.41) is 20.1. The molecule has 1 aliphatic rings. The molecular weight excluding hydrogens is 204 g/mol. The van der Waals surface area contributed by atoms with Crippen molar-refractivity contribution in [2.75, 3.05) is 6.61 Å². The fraction of sp³-hybridized carbons (Fsp3) is 0.538. The highest BCUT2D eigenvalue weighted by Crippen LogP contribution is 2.33. The van der Waals surface area contributed by atoms with Crippen LogP contribution in [0.25, 0.3) is 0 Å². The Morgan fingerprint density at radius 3 is 2.94 bits per heavy atom. The molecule has 2 N–H and O–H groups in total. The van der Waals surface area contributed by atoms with Crippen molar-refractivity contribution in [1.29, 1.82) is 0 Å². The van der Waals surface area contributed by atoms with Crippen LogP contribution in [-0.2, 0) is 6.42 Å². The van der Waals surface area contributed by atoms with Crippen LogP contribution < -0.4 is 4.74 Å². The smallest absolute Gasteiger partial charge is 0.122 e. The van der Waals surface area contributed by atoms with Crippen molar-refractivity contribution in [1.82, 2.24) is 0 Å². The molecule has 0 spiro atoms. The first-order valence-electron chi connectivity index (χ1n) is 5.70. The normalized spacial score (nSPS) is 19.8. The molecule has 16 heavy (non-hydrogen) atoms. The van der Waals surface area contributed by atoms with E-state index in [9.17, 15) is 10.2 Å². The highest BCUT2D eigenvalue weighted by Gasteiger charge is 2.30. The molecule has 0 saturated heterocycles. The van der Waals surface area contributed by atoms with E-state index in [1.165, 1.54) is 0 Å². The van der Waals surface area contributed by atoms with E-state index >= 15 is 0 Å². The lowest BCUT2D eigenvalue weighted by Crippen LogP contribution is -2.31. The van der Waals surface area contributed by atoms with Gasteiger partial charge < -0.3 is 14.9 Å². The predicted octanol–water partition coefficient (Wildman–Crippen LogP) is 1.82. The zero-order valence-electron chi connectivity index (χ0n) is 9.73. The molecule has 1 heterocycles. The topological polar surface area (TPSA) is 49.7 Å². The molecule has 88 valence electrons. The minimum Gasteiger partial charge on any atom is -0.493 e. The molecule has 0 bridgehead atoms. The number of hydrogen-bond donors (Lipinski definition) is 2. The monoisotopic (exact) mass is 222 g/mol. The van der Waals surface area contributed by atoms with Crippen LogP contribution in [0.4, 0.5) is 0 Å². The summed E-state index contributed by atoms with van der Waals surface area (Å²) in [6, 6.07) is 5.61. The van der Waals surface area contributed by atoms with Crippen LogP contribution >= 0.6 is 0 Å². The van der Waals surface area contributed by atoms with Crippen LogP contribution in [0.3, 0.4) is 0 Å². The molecule has 0 aromatic heterocycles. The summed E-state index contributed by atoms with van der Waals surface area (Å²) in [6.07, 6.45) is 0.551. The maximum atomic E-state index is 10.1.